The molecule has 0 aromatic heterocycles. The van der Waals surface area contributed by atoms with Gasteiger partial charge in [-0.25, -0.2) is 0 Å². The van der Waals surface area contributed by atoms with Crippen LogP contribution in [0.15, 0.2) is 0 Å². The first-order valence-corrected chi connectivity index (χ1v) is 4.69. The summed E-state index contributed by atoms with van der Waals surface area (Å²) in [5.74, 6) is 2.39. The lowest BCUT2D eigenvalue weighted by molar-refractivity contribution is 0.143. The highest BCUT2D eigenvalue weighted by Gasteiger charge is 2.27. The minimum atomic E-state index is 0.845. The van der Waals surface area contributed by atoms with E-state index in [1.165, 1.54) is 18.6 Å². The van der Waals surface area contributed by atoms with Gasteiger partial charge < -0.3 is 4.74 Å². The maximum atomic E-state index is 5.41. The second-order valence-corrected chi connectivity index (χ2v) is 4.25. The van der Waals surface area contributed by atoms with Gasteiger partial charge in [0.25, 0.3) is 0 Å². The van der Waals surface area contributed by atoms with Crippen LogP contribution < -0.4 is 0 Å². The molecule has 2 bridgehead atoms. The largest absolute Gasteiger partial charge is 0.380 e. The van der Waals surface area contributed by atoms with Crippen molar-refractivity contribution < 1.29 is 4.74 Å². The minimum absolute atomic E-state index is 0.845. The van der Waals surface area contributed by atoms with E-state index in [9.17, 15) is 0 Å². The van der Waals surface area contributed by atoms with Crippen LogP contribution in [0.1, 0.15) is 12.8 Å². The third kappa shape index (κ3) is 1.24. The number of ether oxygens (including phenoxy) is 1. The van der Waals surface area contributed by atoms with Gasteiger partial charge in [0.05, 0.1) is 6.61 Å². The summed E-state index contributed by atoms with van der Waals surface area (Å²) >= 11 is 2.10. The van der Waals surface area contributed by atoms with E-state index in [2.05, 4.69) is 11.8 Å². The van der Waals surface area contributed by atoms with Crippen molar-refractivity contribution in [3.63, 3.8) is 0 Å². The number of fused-ring (bicyclic) bond motifs is 2. The summed E-state index contributed by atoms with van der Waals surface area (Å²) in [4.78, 5) is 0. The molecule has 0 aromatic carbocycles. The predicted octanol–water partition coefficient (Wildman–Crippen LogP) is 1.53. The molecule has 2 heteroatoms. The number of rotatable bonds is 0. The van der Waals surface area contributed by atoms with E-state index in [1.807, 2.05) is 0 Å². The maximum Gasteiger partial charge on any atom is 0.0585 e. The maximum absolute atomic E-state index is 5.41. The molecule has 0 N–H and O–H groups in total. The number of hydrogen-bond donors (Lipinski definition) is 0. The second-order valence-electron chi connectivity index (χ2n) is 2.92. The van der Waals surface area contributed by atoms with Crippen LogP contribution in [0.2, 0.25) is 0 Å². The molecule has 2 aliphatic rings. The second kappa shape index (κ2) is 2.51. The Labute approximate surface area is 60.2 Å². The summed E-state index contributed by atoms with van der Waals surface area (Å²) in [7, 11) is 0. The van der Waals surface area contributed by atoms with Crippen molar-refractivity contribution >= 4 is 11.8 Å². The first-order valence-electron chi connectivity index (χ1n) is 3.64. The zero-order chi connectivity index (χ0) is 6.10. The highest BCUT2D eigenvalue weighted by molar-refractivity contribution is 8.00. The zero-order valence-electron chi connectivity index (χ0n) is 5.51. The summed E-state index contributed by atoms with van der Waals surface area (Å²) in [6.07, 6.45) is 2.73. The third-order valence-electron chi connectivity index (χ3n) is 2.14. The molecule has 0 spiro atoms. The van der Waals surface area contributed by atoms with Crippen molar-refractivity contribution in [3.05, 3.63) is 0 Å². The molecule has 2 aliphatic heterocycles. The van der Waals surface area contributed by atoms with Gasteiger partial charge in [0.15, 0.2) is 0 Å². The normalized spacial score (nSPS) is 42.7. The Morgan fingerprint density at radius 1 is 1.44 bits per heavy atom. The van der Waals surface area contributed by atoms with Crippen LogP contribution >= 0.6 is 11.8 Å². The summed E-state index contributed by atoms with van der Waals surface area (Å²) in [5.41, 5.74) is 0. The topological polar surface area (TPSA) is 9.23 Å². The molecule has 0 aliphatic carbocycles. The van der Waals surface area contributed by atoms with Crippen LogP contribution in [0.4, 0.5) is 0 Å². The molecule has 2 atom stereocenters. The monoisotopic (exact) mass is 144 g/mol. The van der Waals surface area contributed by atoms with E-state index in [4.69, 9.17) is 4.74 Å². The highest BCUT2D eigenvalue weighted by atomic mass is 32.2. The molecule has 0 saturated carbocycles. The Morgan fingerprint density at radius 3 is 3.44 bits per heavy atom. The third-order valence-corrected chi connectivity index (χ3v) is 3.60. The average molecular weight is 144 g/mol. The summed E-state index contributed by atoms with van der Waals surface area (Å²) in [5, 5.41) is 0.845. The van der Waals surface area contributed by atoms with Gasteiger partial charge in [-0.2, -0.15) is 11.8 Å². The molecule has 2 fully saturated rings. The summed E-state index contributed by atoms with van der Waals surface area (Å²) < 4.78 is 5.41. The summed E-state index contributed by atoms with van der Waals surface area (Å²) in [6, 6.07) is 0. The van der Waals surface area contributed by atoms with E-state index in [0.717, 1.165) is 24.4 Å². The van der Waals surface area contributed by atoms with Crippen molar-refractivity contribution in [2.24, 2.45) is 5.92 Å². The van der Waals surface area contributed by atoms with E-state index < -0.39 is 0 Å². The van der Waals surface area contributed by atoms with Crippen molar-refractivity contribution in [2.75, 3.05) is 19.0 Å². The smallest absolute Gasteiger partial charge is 0.0585 e. The molecule has 0 aromatic rings. The van der Waals surface area contributed by atoms with Gasteiger partial charge in [-0.1, -0.05) is 0 Å². The summed E-state index contributed by atoms with van der Waals surface area (Å²) in [6.45, 7) is 2.03. The minimum Gasteiger partial charge on any atom is -0.380 e. The molecule has 1 nitrogen and oxygen atoms in total. The SMILES string of the molecule is C1CC2CSC(CO1)C2. The van der Waals surface area contributed by atoms with Crippen molar-refractivity contribution in [1.82, 2.24) is 0 Å². The molecular weight excluding hydrogens is 132 g/mol. The van der Waals surface area contributed by atoms with Crippen LogP contribution in [-0.4, -0.2) is 24.2 Å². The van der Waals surface area contributed by atoms with Crippen molar-refractivity contribution in [3.8, 4) is 0 Å². The van der Waals surface area contributed by atoms with E-state index in [-0.39, 0.29) is 0 Å². The molecular formula is C7H12OS. The average Bonchev–Trinajstić information content (AvgIpc) is 2.09. The Morgan fingerprint density at radius 2 is 2.44 bits per heavy atom. The van der Waals surface area contributed by atoms with Gasteiger partial charge >= 0.3 is 0 Å². The Kier molecular flexibility index (Phi) is 1.68. The molecule has 2 saturated heterocycles. The van der Waals surface area contributed by atoms with E-state index in [0.29, 0.717) is 0 Å². The zero-order valence-corrected chi connectivity index (χ0v) is 6.32. The van der Waals surface area contributed by atoms with Gasteiger partial charge in [0.2, 0.25) is 0 Å². The first kappa shape index (κ1) is 6.05. The predicted molar refractivity (Wildman–Crippen MR) is 39.8 cm³/mol. The molecule has 0 radical (unpaired) electrons. The van der Waals surface area contributed by atoms with Gasteiger partial charge in [-0.15, -0.1) is 0 Å². The molecule has 52 valence electrons. The van der Waals surface area contributed by atoms with Crippen LogP contribution in [0, 0.1) is 5.92 Å². The molecule has 9 heavy (non-hydrogen) atoms. The van der Waals surface area contributed by atoms with Crippen LogP contribution in [0.3, 0.4) is 0 Å². The van der Waals surface area contributed by atoms with E-state index in [1.54, 1.807) is 0 Å². The van der Waals surface area contributed by atoms with Gasteiger partial charge in [-0.05, 0) is 24.5 Å². The van der Waals surface area contributed by atoms with E-state index >= 15 is 0 Å². The molecule has 2 heterocycles. The Hall–Kier alpha value is 0.310. The highest BCUT2D eigenvalue weighted by Crippen LogP contribution is 2.35. The van der Waals surface area contributed by atoms with Crippen LogP contribution in [0.25, 0.3) is 0 Å². The number of thioether (sulfide) groups is 1. The van der Waals surface area contributed by atoms with Gasteiger partial charge in [0, 0.05) is 11.9 Å². The standard InChI is InChI=1S/C7H12OS/c1-2-8-4-7-3-6(1)5-9-7/h6-7H,1-5H2. The van der Waals surface area contributed by atoms with Crippen molar-refractivity contribution in [2.45, 2.75) is 18.1 Å². The molecule has 2 unspecified atom stereocenters. The van der Waals surface area contributed by atoms with Crippen molar-refractivity contribution in [1.29, 1.82) is 0 Å². The lowest BCUT2D eigenvalue weighted by Gasteiger charge is -2.07. The van der Waals surface area contributed by atoms with Crippen LogP contribution in [0.5, 0.6) is 0 Å². The Balaban J connectivity index is 1.99. The van der Waals surface area contributed by atoms with Gasteiger partial charge in [0.1, 0.15) is 0 Å². The fourth-order valence-electron chi connectivity index (χ4n) is 1.56. The Bertz CT molecular complexity index is 93.1. The fourth-order valence-corrected chi connectivity index (χ4v) is 3.01. The molecule has 0 amide bonds. The van der Waals surface area contributed by atoms with Crippen LogP contribution in [-0.2, 0) is 4.74 Å². The molecule has 2 rings (SSSR count). The lowest BCUT2D eigenvalue weighted by Crippen LogP contribution is -2.06. The first-order chi connectivity index (χ1) is 4.45. The number of hydrogen-bond acceptors (Lipinski definition) is 2. The quantitative estimate of drug-likeness (QED) is 0.510. The van der Waals surface area contributed by atoms with Gasteiger partial charge in [-0.3, -0.25) is 0 Å². The fraction of sp³-hybridized carbons (Fsp3) is 1.00. The lowest BCUT2D eigenvalue weighted by atomic mass is 10.0.